The number of aromatic nitrogens is 4. The minimum Gasteiger partial charge on any atom is -0.377 e. The van der Waals surface area contributed by atoms with E-state index in [1.165, 1.54) is 0 Å². The molecule has 0 saturated carbocycles. The molecule has 0 radical (unpaired) electrons. The van der Waals surface area contributed by atoms with Gasteiger partial charge < -0.3 is 20.7 Å². The number of hydrogen-bond donors (Lipinski definition) is 3. The van der Waals surface area contributed by atoms with Crippen molar-refractivity contribution in [1.82, 2.24) is 25.1 Å². The molecule has 1 aliphatic heterocycles. The topological polar surface area (TPSA) is 123 Å². The normalized spacial score (nSPS) is 13.8. The Morgan fingerprint density at radius 1 is 1.08 bits per heavy atom. The van der Waals surface area contributed by atoms with Gasteiger partial charge in [0.05, 0.1) is 60.8 Å². The Balaban J connectivity index is 1.49. The molecule has 4 heterocycles. The van der Waals surface area contributed by atoms with Gasteiger partial charge in [0.25, 0.3) is 5.91 Å². The second kappa shape index (κ2) is 11.2. The van der Waals surface area contributed by atoms with Crippen molar-refractivity contribution in [2.45, 2.75) is 33.7 Å². The first-order valence-electron chi connectivity index (χ1n) is 11.9. The summed E-state index contributed by atoms with van der Waals surface area (Å²) in [5.74, 6) is -0.491. The molecule has 0 spiro atoms. The van der Waals surface area contributed by atoms with Crippen molar-refractivity contribution in [3.8, 4) is 0 Å². The number of anilines is 2. The van der Waals surface area contributed by atoms with E-state index in [0.717, 1.165) is 22.4 Å². The maximum absolute atomic E-state index is 13.1. The van der Waals surface area contributed by atoms with E-state index >= 15 is 0 Å². The molecule has 1 fully saturated rings. The number of hydrogen-bond acceptors (Lipinski definition) is 7. The Morgan fingerprint density at radius 2 is 1.86 bits per heavy atom. The van der Waals surface area contributed by atoms with Gasteiger partial charge in [-0.2, -0.15) is 5.10 Å². The SMILES string of the molecule is CCNCC(=O)Nc1cnc(C)c(NC(=O)c2cnc(C)c(/C=C(\C)c3cnn(C4COC4)c3)c2)c1. The molecule has 10 heteroatoms. The highest BCUT2D eigenvalue weighted by molar-refractivity contribution is 6.05. The number of nitrogens with one attached hydrogen (secondary N) is 3. The molecule has 0 bridgehead atoms. The van der Waals surface area contributed by atoms with Gasteiger partial charge in [0, 0.05) is 23.7 Å². The maximum Gasteiger partial charge on any atom is 0.257 e. The van der Waals surface area contributed by atoms with Crippen LogP contribution in [-0.4, -0.2) is 57.9 Å². The summed E-state index contributed by atoms with van der Waals surface area (Å²) >= 11 is 0. The summed E-state index contributed by atoms with van der Waals surface area (Å²) in [6.07, 6.45) is 8.97. The van der Waals surface area contributed by atoms with Crippen LogP contribution in [0.1, 0.15) is 52.8 Å². The van der Waals surface area contributed by atoms with Crippen LogP contribution < -0.4 is 16.0 Å². The van der Waals surface area contributed by atoms with E-state index in [2.05, 4.69) is 31.0 Å². The minimum atomic E-state index is -0.311. The number of carbonyl (C=O) groups is 2. The predicted octanol–water partition coefficient (Wildman–Crippen LogP) is 3.22. The van der Waals surface area contributed by atoms with Crippen LogP contribution in [0, 0.1) is 13.8 Å². The van der Waals surface area contributed by atoms with Crippen LogP contribution in [0.4, 0.5) is 11.4 Å². The van der Waals surface area contributed by atoms with Gasteiger partial charge in [0.2, 0.25) is 5.91 Å². The van der Waals surface area contributed by atoms with Crippen molar-refractivity contribution in [3.05, 3.63) is 65.0 Å². The van der Waals surface area contributed by atoms with Crippen LogP contribution in [0.25, 0.3) is 11.6 Å². The highest BCUT2D eigenvalue weighted by atomic mass is 16.5. The third-order valence-corrected chi connectivity index (χ3v) is 5.97. The molecule has 0 atom stereocenters. The second-order valence-electron chi connectivity index (χ2n) is 8.77. The van der Waals surface area contributed by atoms with Crippen LogP contribution in [0.3, 0.4) is 0 Å². The van der Waals surface area contributed by atoms with Crippen LogP contribution in [0.15, 0.2) is 36.9 Å². The van der Waals surface area contributed by atoms with Crippen molar-refractivity contribution in [3.63, 3.8) is 0 Å². The number of carbonyl (C=O) groups excluding carboxylic acids is 2. The molecular weight excluding hydrogens is 458 g/mol. The zero-order valence-corrected chi connectivity index (χ0v) is 21.0. The Kier molecular flexibility index (Phi) is 7.87. The highest BCUT2D eigenvalue weighted by Gasteiger charge is 2.21. The molecule has 0 aliphatic carbocycles. The van der Waals surface area contributed by atoms with Gasteiger partial charge in [-0.15, -0.1) is 0 Å². The molecule has 2 amide bonds. The summed E-state index contributed by atoms with van der Waals surface area (Å²) in [6.45, 7) is 9.90. The second-order valence-corrected chi connectivity index (χ2v) is 8.77. The molecule has 10 nitrogen and oxygen atoms in total. The molecule has 3 aromatic rings. The largest absolute Gasteiger partial charge is 0.377 e. The molecule has 4 rings (SSSR count). The number of nitrogens with zero attached hydrogens (tertiary/aromatic N) is 4. The van der Waals surface area contributed by atoms with Gasteiger partial charge in [-0.25, -0.2) is 0 Å². The molecule has 36 heavy (non-hydrogen) atoms. The van der Waals surface area contributed by atoms with Gasteiger partial charge >= 0.3 is 0 Å². The van der Waals surface area contributed by atoms with Crippen molar-refractivity contribution in [2.24, 2.45) is 0 Å². The molecule has 188 valence electrons. The van der Waals surface area contributed by atoms with Gasteiger partial charge in [-0.3, -0.25) is 24.2 Å². The first kappa shape index (κ1) is 25.2. The fraction of sp³-hybridized carbons (Fsp3) is 0.346. The van der Waals surface area contributed by atoms with Crippen LogP contribution in [0.2, 0.25) is 0 Å². The average Bonchev–Trinajstić information content (AvgIpc) is 3.29. The number of ether oxygens (including phenoxy) is 1. The van der Waals surface area contributed by atoms with Gasteiger partial charge in [-0.1, -0.05) is 6.92 Å². The number of rotatable bonds is 9. The molecule has 1 saturated heterocycles. The first-order chi connectivity index (χ1) is 17.3. The molecule has 1 aliphatic rings. The lowest BCUT2D eigenvalue weighted by Gasteiger charge is -2.25. The van der Waals surface area contributed by atoms with Gasteiger partial charge in [-0.05, 0) is 56.7 Å². The van der Waals surface area contributed by atoms with E-state index in [4.69, 9.17) is 4.74 Å². The van der Waals surface area contributed by atoms with Crippen molar-refractivity contribution in [2.75, 3.05) is 36.9 Å². The zero-order valence-electron chi connectivity index (χ0n) is 21.0. The minimum absolute atomic E-state index is 0.180. The number of allylic oxidation sites excluding steroid dienone is 1. The third-order valence-electron chi connectivity index (χ3n) is 5.97. The number of amides is 2. The molecular formula is C26H31N7O3. The molecule has 0 unspecified atom stereocenters. The summed E-state index contributed by atoms with van der Waals surface area (Å²) in [6, 6.07) is 3.80. The summed E-state index contributed by atoms with van der Waals surface area (Å²) in [5, 5.41) is 13.1. The van der Waals surface area contributed by atoms with E-state index in [1.54, 1.807) is 25.4 Å². The summed E-state index contributed by atoms with van der Waals surface area (Å²) in [5.41, 5.74) is 5.77. The standard InChI is InChI=1S/C26H31N7O3/c1-5-27-12-25(34)31-22-8-24(18(4)29-11-22)32-26(35)20-7-19(17(3)28-9-20)6-16(2)21-10-30-33(13-21)23-14-36-15-23/h6-11,13,23,27H,5,12,14-15H2,1-4H3,(H,31,34)(H,32,35)/b16-6+. The zero-order chi connectivity index (χ0) is 25.7. The summed E-state index contributed by atoms with van der Waals surface area (Å²) in [4.78, 5) is 33.8. The fourth-order valence-electron chi connectivity index (χ4n) is 3.62. The van der Waals surface area contributed by atoms with Crippen molar-refractivity contribution < 1.29 is 14.3 Å². The Bertz CT molecular complexity index is 1290. The third kappa shape index (κ3) is 6.02. The van der Waals surface area contributed by atoms with Crippen molar-refractivity contribution >= 4 is 34.8 Å². The lowest BCUT2D eigenvalue weighted by atomic mass is 10.0. The molecule has 3 aromatic heterocycles. The highest BCUT2D eigenvalue weighted by Crippen LogP contribution is 2.23. The van der Waals surface area contributed by atoms with Gasteiger partial charge in [0.1, 0.15) is 0 Å². The number of pyridine rings is 2. The van der Waals surface area contributed by atoms with E-state index in [1.807, 2.05) is 50.0 Å². The predicted molar refractivity (Wildman–Crippen MR) is 139 cm³/mol. The smallest absolute Gasteiger partial charge is 0.257 e. The number of likely N-dealkylation sites (N-methyl/N-ethyl adjacent to an activating group) is 1. The lowest BCUT2D eigenvalue weighted by molar-refractivity contribution is -0.115. The van der Waals surface area contributed by atoms with Crippen LogP contribution in [0.5, 0.6) is 0 Å². The molecule has 3 N–H and O–H groups in total. The lowest BCUT2D eigenvalue weighted by Crippen LogP contribution is -2.30. The summed E-state index contributed by atoms with van der Waals surface area (Å²) in [7, 11) is 0. The maximum atomic E-state index is 13.1. The fourth-order valence-corrected chi connectivity index (χ4v) is 3.62. The monoisotopic (exact) mass is 489 g/mol. The van der Waals surface area contributed by atoms with E-state index in [-0.39, 0.29) is 18.4 Å². The molecule has 0 aromatic carbocycles. The van der Waals surface area contributed by atoms with Gasteiger partial charge in [0.15, 0.2) is 0 Å². The van der Waals surface area contributed by atoms with E-state index in [0.29, 0.717) is 48.4 Å². The quantitative estimate of drug-likeness (QED) is 0.422. The average molecular weight is 490 g/mol. The van der Waals surface area contributed by atoms with Crippen molar-refractivity contribution in [1.29, 1.82) is 0 Å². The van der Waals surface area contributed by atoms with E-state index in [9.17, 15) is 9.59 Å². The number of aryl methyl sites for hydroxylation is 2. The van der Waals surface area contributed by atoms with Crippen LogP contribution >= 0.6 is 0 Å². The summed E-state index contributed by atoms with van der Waals surface area (Å²) < 4.78 is 7.18. The Labute approximate surface area is 210 Å². The van der Waals surface area contributed by atoms with Crippen LogP contribution in [-0.2, 0) is 9.53 Å². The Morgan fingerprint density at radius 3 is 2.58 bits per heavy atom. The first-order valence-corrected chi connectivity index (χ1v) is 11.9. The Hall–Kier alpha value is -3.89. The van der Waals surface area contributed by atoms with E-state index < -0.39 is 0 Å².